The van der Waals surface area contributed by atoms with Crippen molar-refractivity contribution >= 4 is 12.3 Å². The molecule has 0 saturated carbocycles. The van der Waals surface area contributed by atoms with Crippen molar-refractivity contribution < 1.29 is 33.6 Å². The highest BCUT2D eigenvalue weighted by Crippen LogP contribution is 2.42. The molecule has 0 heterocycles. The van der Waals surface area contributed by atoms with E-state index in [9.17, 15) is 9.59 Å². The predicted molar refractivity (Wildman–Crippen MR) is 176 cm³/mol. The Balaban J connectivity index is 0.000000876. The van der Waals surface area contributed by atoms with Gasteiger partial charge < -0.3 is 24.1 Å². The highest BCUT2D eigenvalue weighted by atomic mass is 16.5. The number of carbonyl (C=O) groups excluding carboxylic acids is 2. The van der Waals surface area contributed by atoms with Crippen LogP contribution in [0.4, 0.5) is 0 Å². The smallest absolute Gasteiger partial charge is 0.335 e. The summed E-state index contributed by atoms with van der Waals surface area (Å²) in [5.41, 5.74) is 6.33. The normalized spacial score (nSPS) is 9.59. The average Bonchev–Trinajstić information content (AvgIpc) is 3.06. The molecule has 0 radical (unpaired) electrons. The van der Waals surface area contributed by atoms with E-state index in [4.69, 9.17) is 24.1 Å². The number of aldehydes is 1. The molecule has 0 aliphatic rings. The van der Waals surface area contributed by atoms with Gasteiger partial charge in [-0.1, -0.05) is 68.3 Å². The lowest BCUT2D eigenvalue weighted by molar-refractivity contribution is -0.129. The Labute approximate surface area is 259 Å². The van der Waals surface area contributed by atoms with Gasteiger partial charge in [0, 0.05) is 24.3 Å². The fourth-order valence-electron chi connectivity index (χ4n) is 3.94. The summed E-state index contributed by atoms with van der Waals surface area (Å²) in [6.45, 7) is 14.1. The average molecular weight is 595 g/mol. The van der Waals surface area contributed by atoms with Crippen LogP contribution in [0.3, 0.4) is 0 Å². The fraction of sp³-hybridized carbons (Fsp3) is 0.135. The molecule has 0 saturated heterocycles. The minimum atomic E-state index is -0.488. The van der Waals surface area contributed by atoms with E-state index in [-0.39, 0.29) is 0 Å². The number of allylic oxidation sites excluding steroid dienone is 2. The zero-order valence-corrected chi connectivity index (χ0v) is 25.8. The van der Waals surface area contributed by atoms with Crippen molar-refractivity contribution in [1.29, 1.82) is 0 Å². The number of methoxy groups -OCH3 is 2. The first-order valence-corrected chi connectivity index (χ1v) is 13.5. The van der Waals surface area contributed by atoms with E-state index >= 15 is 0 Å². The van der Waals surface area contributed by atoms with Crippen molar-refractivity contribution in [2.24, 2.45) is 0 Å². The van der Waals surface area contributed by atoms with E-state index in [1.165, 1.54) is 0 Å². The maximum Gasteiger partial charge on any atom is 0.335 e. The van der Waals surface area contributed by atoms with Gasteiger partial charge in [-0.3, -0.25) is 4.79 Å². The number of hydrogen-bond donors (Lipinski definition) is 1. The van der Waals surface area contributed by atoms with Gasteiger partial charge in [-0.05, 0) is 78.1 Å². The minimum Gasteiger partial charge on any atom is -0.497 e. The molecule has 0 atom stereocenters. The Hall–Kier alpha value is -5.40. The van der Waals surface area contributed by atoms with E-state index < -0.39 is 5.97 Å². The molecule has 4 aromatic carbocycles. The number of ether oxygens (including phenoxy) is 4. The molecule has 0 aliphatic carbocycles. The quantitative estimate of drug-likeness (QED) is 0.0652. The molecule has 228 valence electrons. The van der Waals surface area contributed by atoms with E-state index in [2.05, 4.69) is 19.7 Å². The van der Waals surface area contributed by atoms with Crippen LogP contribution in [0.15, 0.2) is 122 Å². The first-order chi connectivity index (χ1) is 21.2. The van der Waals surface area contributed by atoms with Crippen LogP contribution in [0, 0.1) is 0 Å². The Bertz CT molecular complexity index is 1570. The number of aliphatic hydroxyl groups is 1. The first-order valence-electron chi connectivity index (χ1n) is 13.5. The van der Waals surface area contributed by atoms with E-state index in [1.54, 1.807) is 33.3 Å². The summed E-state index contributed by atoms with van der Waals surface area (Å²) in [7, 11) is 4.30. The second-order valence-corrected chi connectivity index (χ2v) is 9.27. The summed E-state index contributed by atoms with van der Waals surface area (Å²) in [6, 6.07) is 27.2. The first kappa shape index (κ1) is 34.8. The summed E-state index contributed by atoms with van der Waals surface area (Å²) in [4.78, 5) is 20.8. The van der Waals surface area contributed by atoms with Gasteiger partial charge in [0.1, 0.15) is 29.3 Å². The van der Waals surface area contributed by atoms with Gasteiger partial charge >= 0.3 is 5.97 Å². The molecule has 7 nitrogen and oxygen atoms in total. The zero-order valence-electron chi connectivity index (χ0n) is 25.8. The second kappa shape index (κ2) is 17.5. The molecule has 0 spiro atoms. The molecule has 0 aliphatic heterocycles. The molecule has 4 aromatic rings. The highest BCUT2D eigenvalue weighted by molar-refractivity contribution is 5.84. The van der Waals surface area contributed by atoms with Crippen LogP contribution < -0.4 is 18.9 Å². The fourth-order valence-corrected chi connectivity index (χ4v) is 3.94. The lowest BCUT2D eigenvalue weighted by atomic mass is 9.96. The summed E-state index contributed by atoms with van der Waals surface area (Å²) >= 11 is 0. The van der Waals surface area contributed by atoms with Crippen LogP contribution in [-0.2, 0) is 9.59 Å². The van der Waals surface area contributed by atoms with Gasteiger partial charge in [-0.15, -0.1) is 0 Å². The molecular weight excluding hydrogens is 556 g/mol. The van der Waals surface area contributed by atoms with Gasteiger partial charge in [0.05, 0.1) is 20.0 Å². The van der Waals surface area contributed by atoms with Crippen LogP contribution in [-0.4, -0.2) is 38.7 Å². The highest BCUT2D eigenvalue weighted by Gasteiger charge is 2.16. The molecule has 0 unspecified atom stereocenters. The Morgan fingerprint density at radius 2 is 1.07 bits per heavy atom. The third-order valence-electron chi connectivity index (χ3n) is 5.96. The SMILES string of the molecule is C=C(C)C=O.C=CC(=O)Oc1ccc(-c2ccc(-c3cc(OC)c(-c4ccc(OC)cc4)cc3OC(=C)C)cc2)cc1.CO. The Morgan fingerprint density at radius 1 is 0.659 bits per heavy atom. The molecule has 4 rings (SSSR count). The van der Waals surface area contributed by atoms with Crippen LogP contribution in [0.2, 0.25) is 0 Å². The minimum absolute atomic E-state index is 0.468. The maximum atomic E-state index is 11.4. The summed E-state index contributed by atoms with van der Waals surface area (Å²) in [5.74, 6) is 2.75. The lowest BCUT2D eigenvalue weighted by Gasteiger charge is -2.17. The van der Waals surface area contributed by atoms with Crippen molar-refractivity contribution in [3.05, 3.63) is 122 Å². The van der Waals surface area contributed by atoms with Gasteiger partial charge in [0.2, 0.25) is 0 Å². The monoisotopic (exact) mass is 594 g/mol. The Morgan fingerprint density at radius 3 is 1.50 bits per heavy atom. The number of hydrogen-bond acceptors (Lipinski definition) is 7. The van der Waals surface area contributed by atoms with E-state index in [0.29, 0.717) is 22.8 Å². The molecule has 0 amide bonds. The number of rotatable bonds is 10. The summed E-state index contributed by atoms with van der Waals surface area (Å²) in [5, 5.41) is 7.00. The molecule has 7 heteroatoms. The topological polar surface area (TPSA) is 91.3 Å². The number of esters is 1. The summed E-state index contributed by atoms with van der Waals surface area (Å²) < 4.78 is 22.3. The van der Waals surface area contributed by atoms with Gasteiger partial charge in [0.15, 0.2) is 0 Å². The molecule has 0 aromatic heterocycles. The summed E-state index contributed by atoms with van der Waals surface area (Å²) in [6.07, 6.45) is 1.86. The second-order valence-electron chi connectivity index (χ2n) is 9.27. The van der Waals surface area contributed by atoms with Crippen molar-refractivity contribution in [2.75, 3.05) is 21.3 Å². The molecule has 0 fully saturated rings. The standard InChI is InChI=1S/C32H28O5.C4H6O.CH4O/c1-6-32(33)37-27-17-11-23(12-18-27)22-7-9-24(10-8-22)29-19-30(35-5)28(20-31(29)36-21(2)3)25-13-15-26(34-4)16-14-25;1-4(2)3-5;1-2/h6-20H,1-2H2,3-5H3;3H,1H2,2H3;2H,1H3. The third kappa shape index (κ3) is 9.86. The number of aliphatic hydroxyl groups excluding tert-OH is 1. The van der Waals surface area contributed by atoms with Crippen molar-refractivity contribution in [1.82, 2.24) is 0 Å². The van der Waals surface area contributed by atoms with Crippen LogP contribution in [0.5, 0.6) is 23.0 Å². The molecule has 0 bridgehead atoms. The maximum absolute atomic E-state index is 11.4. The van der Waals surface area contributed by atoms with Crippen molar-refractivity contribution in [3.63, 3.8) is 0 Å². The van der Waals surface area contributed by atoms with Crippen molar-refractivity contribution in [2.45, 2.75) is 13.8 Å². The number of carbonyl (C=O) groups is 2. The van der Waals surface area contributed by atoms with Crippen LogP contribution in [0.1, 0.15) is 13.8 Å². The molecule has 1 N–H and O–H groups in total. The molecular formula is C37H38O7. The Kier molecular flexibility index (Phi) is 13.9. The van der Waals surface area contributed by atoms with E-state index in [1.807, 2.05) is 79.7 Å². The van der Waals surface area contributed by atoms with Crippen molar-refractivity contribution in [3.8, 4) is 56.4 Å². The van der Waals surface area contributed by atoms with E-state index in [0.717, 1.165) is 64.4 Å². The van der Waals surface area contributed by atoms with Crippen LogP contribution in [0.25, 0.3) is 33.4 Å². The molecule has 44 heavy (non-hydrogen) atoms. The van der Waals surface area contributed by atoms with Gasteiger partial charge in [-0.2, -0.15) is 0 Å². The largest absolute Gasteiger partial charge is 0.497 e. The lowest BCUT2D eigenvalue weighted by Crippen LogP contribution is -2.02. The number of benzene rings is 4. The van der Waals surface area contributed by atoms with Gasteiger partial charge in [-0.25, -0.2) is 4.79 Å². The third-order valence-corrected chi connectivity index (χ3v) is 5.96. The van der Waals surface area contributed by atoms with Crippen LogP contribution >= 0.6 is 0 Å². The van der Waals surface area contributed by atoms with Gasteiger partial charge in [0.25, 0.3) is 0 Å². The zero-order chi connectivity index (χ0) is 32.6. The predicted octanol–water partition coefficient (Wildman–Crippen LogP) is 8.08.